The number of carbonyl (C=O) groups is 1. The van der Waals surface area contributed by atoms with E-state index in [1.54, 1.807) is 23.1 Å². The molecular formula is C18H19ClN2O4S. The lowest BCUT2D eigenvalue weighted by Gasteiger charge is -2.27. The quantitative estimate of drug-likeness (QED) is 0.865. The molecule has 0 atom stereocenters. The topological polar surface area (TPSA) is 75.7 Å². The molecule has 0 aliphatic carbocycles. The average molecular weight is 395 g/mol. The first-order valence-corrected chi connectivity index (χ1v) is 9.99. The van der Waals surface area contributed by atoms with Crippen LogP contribution in [0.4, 0.5) is 5.69 Å². The number of sulfonamides is 1. The Bertz CT molecular complexity index is 907. The lowest BCUT2D eigenvalue weighted by atomic mass is 10.1. The van der Waals surface area contributed by atoms with Gasteiger partial charge in [0, 0.05) is 18.7 Å². The Hall–Kier alpha value is -2.09. The molecule has 0 saturated carbocycles. The van der Waals surface area contributed by atoms with Crippen LogP contribution in [0.2, 0.25) is 5.02 Å². The van der Waals surface area contributed by atoms with Gasteiger partial charge in [-0.25, -0.2) is 8.42 Å². The molecule has 1 aliphatic heterocycles. The van der Waals surface area contributed by atoms with Gasteiger partial charge in [0.05, 0.1) is 28.8 Å². The van der Waals surface area contributed by atoms with E-state index in [2.05, 4.69) is 4.72 Å². The Labute approximate surface area is 157 Å². The first-order chi connectivity index (χ1) is 12.4. The highest BCUT2D eigenvalue weighted by molar-refractivity contribution is 7.92. The molecule has 0 unspecified atom stereocenters. The van der Waals surface area contributed by atoms with Crippen LogP contribution in [0.25, 0.3) is 0 Å². The lowest BCUT2D eigenvalue weighted by Crippen LogP contribution is -2.40. The van der Waals surface area contributed by atoms with Gasteiger partial charge in [-0.05, 0) is 37.3 Å². The van der Waals surface area contributed by atoms with Crippen molar-refractivity contribution >= 4 is 33.2 Å². The van der Waals surface area contributed by atoms with E-state index >= 15 is 0 Å². The SMILES string of the molecule is Cc1ccc(S(=O)(=O)Nc2ccc(C(=O)N3CCOCC3)cc2Cl)cc1. The number of nitrogens with zero attached hydrogens (tertiary/aromatic N) is 1. The molecule has 1 heterocycles. The summed E-state index contributed by atoms with van der Waals surface area (Å²) in [5.41, 5.74) is 1.61. The molecule has 1 saturated heterocycles. The van der Waals surface area contributed by atoms with Crippen LogP contribution in [-0.4, -0.2) is 45.5 Å². The minimum Gasteiger partial charge on any atom is -0.378 e. The zero-order valence-electron chi connectivity index (χ0n) is 14.2. The Morgan fingerprint density at radius 2 is 1.77 bits per heavy atom. The lowest BCUT2D eigenvalue weighted by molar-refractivity contribution is 0.0303. The predicted octanol–water partition coefficient (Wildman–Crippen LogP) is 2.92. The van der Waals surface area contributed by atoms with Gasteiger partial charge in [0.2, 0.25) is 0 Å². The smallest absolute Gasteiger partial charge is 0.261 e. The summed E-state index contributed by atoms with van der Waals surface area (Å²) < 4.78 is 32.6. The van der Waals surface area contributed by atoms with Crippen LogP contribution < -0.4 is 4.72 Å². The minimum absolute atomic E-state index is 0.146. The molecule has 3 rings (SSSR count). The van der Waals surface area contributed by atoms with E-state index in [0.29, 0.717) is 31.9 Å². The molecule has 1 aliphatic rings. The van der Waals surface area contributed by atoms with Crippen molar-refractivity contribution in [2.24, 2.45) is 0 Å². The van der Waals surface area contributed by atoms with Crippen LogP contribution in [-0.2, 0) is 14.8 Å². The van der Waals surface area contributed by atoms with Crippen LogP contribution in [0.15, 0.2) is 47.4 Å². The number of hydrogen-bond donors (Lipinski definition) is 1. The van der Waals surface area contributed by atoms with E-state index in [-0.39, 0.29) is 21.5 Å². The van der Waals surface area contributed by atoms with Gasteiger partial charge in [0.25, 0.3) is 15.9 Å². The van der Waals surface area contributed by atoms with E-state index in [1.807, 2.05) is 6.92 Å². The number of hydrogen-bond acceptors (Lipinski definition) is 4. The molecule has 0 radical (unpaired) electrons. The van der Waals surface area contributed by atoms with Crippen LogP contribution in [0, 0.1) is 6.92 Å². The third-order valence-corrected chi connectivity index (χ3v) is 5.78. The molecular weight excluding hydrogens is 376 g/mol. The number of nitrogens with one attached hydrogen (secondary N) is 1. The normalized spacial score (nSPS) is 14.9. The van der Waals surface area contributed by atoms with E-state index in [9.17, 15) is 13.2 Å². The maximum absolute atomic E-state index is 12.5. The molecule has 1 fully saturated rings. The number of carbonyl (C=O) groups excluding carboxylic acids is 1. The van der Waals surface area contributed by atoms with Crippen molar-refractivity contribution in [3.8, 4) is 0 Å². The number of halogens is 1. The summed E-state index contributed by atoms with van der Waals surface area (Å²) in [5.74, 6) is -0.150. The minimum atomic E-state index is -3.75. The fourth-order valence-electron chi connectivity index (χ4n) is 2.60. The first kappa shape index (κ1) is 18.7. The summed E-state index contributed by atoms with van der Waals surface area (Å²) in [6.45, 7) is 3.95. The average Bonchev–Trinajstić information content (AvgIpc) is 2.64. The Morgan fingerprint density at radius 3 is 2.38 bits per heavy atom. The van der Waals surface area contributed by atoms with E-state index < -0.39 is 10.0 Å². The Balaban J connectivity index is 1.79. The van der Waals surface area contributed by atoms with E-state index in [0.717, 1.165) is 5.56 Å². The van der Waals surface area contributed by atoms with E-state index in [1.165, 1.54) is 24.3 Å². The molecule has 2 aromatic carbocycles. The largest absolute Gasteiger partial charge is 0.378 e. The highest BCUT2D eigenvalue weighted by Gasteiger charge is 2.20. The highest BCUT2D eigenvalue weighted by Crippen LogP contribution is 2.26. The fraction of sp³-hybridized carbons (Fsp3) is 0.278. The summed E-state index contributed by atoms with van der Waals surface area (Å²) in [7, 11) is -3.75. The van der Waals surface area contributed by atoms with Crippen molar-refractivity contribution in [2.75, 3.05) is 31.0 Å². The molecule has 0 aromatic heterocycles. The van der Waals surface area contributed by atoms with Crippen molar-refractivity contribution in [3.05, 3.63) is 58.6 Å². The van der Waals surface area contributed by atoms with Crippen LogP contribution in [0.3, 0.4) is 0 Å². The fourth-order valence-corrected chi connectivity index (χ4v) is 3.96. The van der Waals surface area contributed by atoms with Crippen LogP contribution in [0.5, 0.6) is 0 Å². The number of ether oxygens (including phenoxy) is 1. The monoisotopic (exact) mass is 394 g/mol. The van der Waals surface area contributed by atoms with Gasteiger partial charge in [0.1, 0.15) is 0 Å². The van der Waals surface area contributed by atoms with Gasteiger partial charge < -0.3 is 9.64 Å². The van der Waals surface area contributed by atoms with Crippen molar-refractivity contribution in [3.63, 3.8) is 0 Å². The van der Waals surface area contributed by atoms with Gasteiger partial charge in [-0.15, -0.1) is 0 Å². The molecule has 1 amide bonds. The van der Waals surface area contributed by atoms with Gasteiger partial charge in [-0.2, -0.15) is 0 Å². The number of aryl methyl sites for hydroxylation is 1. The molecule has 8 heteroatoms. The summed E-state index contributed by atoms with van der Waals surface area (Å²) in [6, 6.07) is 11.1. The molecule has 2 aromatic rings. The van der Waals surface area contributed by atoms with Gasteiger partial charge in [-0.3, -0.25) is 9.52 Å². The van der Waals surface area contributed by atoms with Crippen LogP contribution >= 0.6 is 11.6 Å². The highest BCUT2D eigenvalue weighted by atomic mass is 35.5. The van der Waals surface area contributed by atoms with Crippen molar-refractivity contribution in [2.45, 2.75) is 11.8 Å². The van der Waals surface area contributed by atoms with E-state index in [4.69, 9.17) is 16.3 Å². The Morgan fingerprint density at radius 1 is 1.12 bits per heavy atom. The van der Waals surface area contributed by atoms with Gasteiger partial charge in [-0.1, -0.05) is 29.3 Å². The third-order valence-electron chi connectivity index (χ3n) is 4.09. The third kappa shape index (κ3) is 4.17. The predicted molar refractivity (Wildman–Crippen MR) is 100 cm³/mol. The van der Waals surface area contributed by atoms with Gasteiger partial charge >= 0.3 is 0 Å². The second-order valence-corrected chi connectivity index (χ2v) is 8.11. The van der Waals surface area contributed by atoms with Crippen LogP contribution in [0.1, 0.15) is 15.9 Å². The second-order valence-electron chi connectivity index (χ2n) is 6.02. The number of amides is 1. The van der Waals surface area contributed by atoms with Crippen molar-refractivity contribution in [1.82, 2.24) is 4.90 Å². The second kappa shape index (κ2) is 7.65. The number of benzene rings is 2. The molecule has 0 spiro atoms. The molecule has 1 N–H and O–H groups in total. The zero-order chi connectivity index (χ0) is 18.7. The molecule has 138 valence electrons. The number of anilines is 1. The molecule has 6 nitrogen and oxygen atoms in total. The summed E-state index contributed by atoms with van der Waals surface area (Å²) in [4.78, 5) is 14.3. The zero-order valence-corrected chi connectivity index (χ0v) is 15.8. The number of morpholine rings is 1. The Kier molecular flexibility index (Phi) is 5.50. The molecule has 0 bridgehead atoms. The van der Waals surface area contributed by atoms with Crippen molar-refractivity contribution in [1.29, 1.82) is 0 Å². The maximum Gasteiger partial charge on any atom is 0.261 e. The summed E-state index contributed by atoms with van der Waals surface area (Å²) >= 11 is 6.21. The number of rotatable bonds is 4. The first-order valence-electron chi connectivity index (χ1n) is 8.13. The van der Waals surface area contributed by atoms with Gasteiger partial charge in [0.15, 0.2) is 0 Å². The summed E-state index contributed by atoms with van der Waals surface area (Å²) in [6.07, 6.45) is 0. The maximum atomic E-state index is 12.5. The standard InChI is InChI=1S/C18H19ClN2O4S/c1-13-2-5-15(6-3-13)26(23,24)20-17-7-4-14(12-16(17)19)18(22)21-8-10-25-11-9-21/h2-7,12,20H,8-11H2,1H3. The summed E-state index contributed by atoms with van der Waals surface area (Å²) in [5, 5.41) is 0.166. The molecule has 26 heavy (non-hydrogen) atoms. The van der Waals surface area contributed by atoms with Crippen molar-refractivity contribution < 1.29 is 17.9 Å².